The van der Waals surface area contributed by atoms with Crippen LogP contribution in [0.2, 0.25) is 0 Å². The first-order chi connectivity index (χ1) is 11.6. The summed E-state index contributed by atoms with van der Waals surface area (Å²) < 4.78 is 0. The maximum Gasteiger partial charge on any atom is 0.229 e. The molecule has 0 saturated carbocycles. The molecule has 1 fully saturated rings. The zero-order valence-corrected chi connectivity index (χ0v) is 14.4. The van der Waals surface area contributed by atoms with Gasteiger partial charge in [0, 0.05) is 10.8 Å². The smallest absolute Gasteiger partial charge is 0.229 e. The maximum absolute atomic E-state index is 12.4. The number of nitrogens with one attached hydrogen (secondary N) is 3. The van der Waals surface area contributed by atoms with Gasteiger partial charge in [0.1, 0.15) is 0 Å². The Bertz CT molecular complexity index is 711. The fraction of sp³-hybridized carbons (Fsp3) is 0.333. The number of anilines is 2. The average Bonchev–Trinajstić information content (AvgIpc) is 3.00. The van der Waals surface area contributed by atoms with Gasteiger partial charge in [-0.2, -0.15) is 0 Å². The van der Waals surface area contributed by atoms with E-state index < -0.39 is 0 Å². The van der Waals surface area contributed by atoms with Crippen molar-refractivity contribution >= 4 is 34.5 Å². The van der Waals surface area contributed by atoms with Crippen LogP contribution in [0.3, 0.4) is 0 Å². The normalized spacial score (nSPS) is 15.4. The number of rotatable bonds is 6. The zero-order valence-electron chi connectivity index (χ0n) is 13.5. The molecule has 126 valence electrons. The number of carbonyl (C=O) groups excluding carboxylic acids is 2. The van der Waals surface area contributed by atoms with Crippen LogP contribution in [0.5, 0.6) is 0 Å². The molecule has 0 spiro atoms. The van der Waals surface area contributed by atoms with Crippen LogP contribution < -0.4 is 16.0 Å². The van der Waals surface area contributed by atoms with Crippen LogP contribution in [0, 0.1) is 11.8 Å². The summed E-state index contributed by atoms with van der Waals surface area (Å²) in [5.41, 5.74) is 1.27. The highest BCUT2D eigenvalue weighted by atomic mass is 32.1. The Morgan fingerprint density at radius 1 is 1.17 bits per heavy atom. The van der Waals surface area contributed by atoms with Gasteiger partial charge in [-0.1, -0.05) is 25.1 Å². The Balaban J connectivity index is 1.63. The van der Waals surface area contributed by atoms with E-state index in [1.807, 2.05) is 42.6 Å². The average molecular weight is 343 g/mol. The molecule has 3 rings (SSSR count). The van der Waals surface area contributed by atoms with E-state index in [-0.39, 0.29) is 17.7 Å². The SMILES string of the molecule is CC(C(=O)Nc1ccccc1NC(=O)Cc1cccs1)C1CNC1. The van der Waals surface area contributed by atoms with Crippen molar-refractivity contribution in [1.29, 1.82) is 0 Å². The van der Waals surface area contributed by atoms with E-state index in [0.717, 1.165) is 18.0 Å². The van der Waals surface area contributed by atoms with E-state index in [0.29, 0.717) is 23.7 Å². The summed E-state index contributed by atoms with van der Waals surface area (Å²) in [5, 5.41) is 11.0. The highest BCUT2D eigenvalue weighted by Gasteiger charge is 2.29. The van der Waals surface area contributed by atoms with Crippen molar-refractivity contribution in [3.8, 4) is 0 Å². The molecule has 1 atom stereocenters. The van der Waals surface area contributed by atoms with Gasteiger partial charge in [0.2, 0.25) is 11.8 Å². The molecule has 1 aliphatic heterocycles. The molecule has 1 aliphatic rings. The highest BCUT2D eigenvalue weighted by molar-refractivity contribution is 7.10. The molecule has 24 heavy (non-hydrogen) atoms. The highest BCUT2D eigenvalue weighted by Crippen LogP contribution is 2.24. The predicted octanol–water partition coefficient (Wildman–Crippen LogP) is 2.72. The van der Waals surface area contributed by atoms with Crippen molar-refractivity contribution in [2.24, 2.45) is 11.8 Å². The quantitative estimate of drug-likeness (QED) is 0.755. The van der Waals surface area contributed by atoms with Crippen LogP contribution in [-0.4, -0.2) is 24.9 Å². The summed E-state index contributed by atoms with van der Waals surface area (Å²) >= 11 is 1.56. The number of para-hydroxylation sites is 2. The fourth-order valence-electron chi connectivity index (χ4n) is 2.59. The Hall–Kier alpha value is -2.18. The molecule has 5 nitrogen and oxygen atoms in total. The van der Waals surface area contributed by atoms with Crippen LogP contribution in [0.1, 0.15) is 11.8 Å². The number of hydrogen-bond donors (Lipinski definition) is 3. The molecular weight excluding hydrogens is 322 g/mol. The molecule has 2 amide bonds. The summed E-state index contributed by atoms with van der Waals surface area (Å²) in [5.74, 6) is 0.226. The van der Waals surface area contributed by atoms with E-state index in [4.69, 9.17) is 0 Å². The van der Waals surface area contributed by atoms with Crippen molar-refractivity contribution in [1.82, 2.24) is 5.32 Å². The lowest BCUT2D eigenvalue weighted by molar-refractivity contribution is -0.121. The van der Waals surface area contributed by atoms with Crippen molar-refractivity contribution in [2.45, 2.75) is 13.3 Å². The lowest BCUT2D eigenvalue weighted by Gasteiger charge is -2.31. The first kappa shape index (κ1) is 16.7. The van der Waals surface area contributed by atoms with Crippen LogP contribution in [0.25, 0.3) is 0 Å². The fourth-order valence-corrected chi connectivity index (χ4v) is 3.30. The minimum Gasteiger partial charge on any atom is -0.324 e. The molecular formula is C18H21N3O2S. The van der Waals surface area contributed by atoms with Crippen LogP contribution in [0.4, 0.5) is 11.4 Å². The number of hydrogen-bond acceptors (Lipinski definition) is 4. The summed E-state index contributed by atoms with van der Waals surface area (Å²) in [6.07, 6.45) is 0.337. The van der Waals surface area contributed by atoms with Gasteiger partial charge >= 0.3 is 0 Å². The predicted molar refractivity (Wildman–Crippen MR) is 97.2 cm³/mol. The third-order valence-corrected chi connectivity index (χ3v) is 5.18. The van der Waals surface area contributed by atoms with Gasteiger partial charge in [-0.3, -0.25) is 9.59 Å². The van der Waals surface area contributed by atoms with Crippen LogP contribution in [-0.2, 0) is 16.0 Å². The van der Waals surface area contributed by atoms with E-state index in [2.05, 4.69) is 16.0 Å². The largest absolute Gasteiger partial charge is 0.324 e. The Morgan fingerprint density at radius 3 is 2.46 bits per heavy atom. The van der Waals surface area contributed by atoms with E-state index in [9.17, 15) is 9.59 Å². The van der Waals surface area contributed by atoms with Crippen molar-refractivity contribution in [3.05, 3.63) is 46.7 Å². The van der Waals surface area contributed by atoms with Gasteiger partial charge < -0.3 is 16.0 Å². The van der Waals surface area contributed by atoms with E-state index in [1.54, 1.807) is 17.4 Å². The molecule has 6 heteroatoms. The number of thiophene rings is 1. The molecule has 1 unspecified atom stereocenters. The summed E-state index contributed by atoms with van der Waals surface area (Å²) in [6.45, 7) is 3.71. The number of carbonyl (C=O) groups is 2. The van der Waals surface area contributed by atoms with E-state index in [1.165, 1.54) is 0 Å². The molecule has 3 N–H and O–H groups in total. The molecule has 0 aliphatic carbocycles. The monoisotopic (exact) mass is 343 g/mol. The van der Waals surface area contributed by atoms with Gasteiger partial charge in [-0.05, 0) is 42.6 Å². The molecule has 0 bridgehead atoms. The lowest BCUT2D eigenvalue weighted by Crippen LogP contribution is -2.48. The molecule has 1 saturated heterocycles. The molecule has 2 aromatic rings. The number of benzene rings is 1. The first-order valence-corrected chi connectivity index (χ1v) is 8.94. The van der Waals surface area contributed by atoms with Gasteiger partial charge in [-0.25, -0.2) is 0 Å². The summed E-state index contributed by atoms with van der Waals surface area (Å²) in [7, 11) is 0. The summed E-state index contributed by atoms with van der Waals surface area (Å²) in [4.78, 5) is 25.6. The Labute approximate surface area is 145 Å². The van der Waals surface area contributed by atoms with E-state index >= 15 is 0 Å². The van der Waals surface area contributed by atoms with Gasteiger partial charge in [-0.15, -0.1) is 11.3 Å². The Morgan fingerprint density at radius 2 is 1.88 bits per heavy atom. The maximum atomic E-state index is 12.4. The molecule has 2 heterocycles. The minimum atomic E-state index is -0.0876. The van der Waals surface area contributed by atoms with Gasteiger partial charge in [0.25, 0.3) is 0 Å². The second kappa shape index (κ2) is 7.59. The Kier molecular flexibility index (Phi) is 5.27. The topological polar surface area (TPSA) is 70.2 Å². The van der Waals surface area contributed by atoms with Crippen molar-refractivity contribution in [3.63, 3.8) is 0 Å². The summed E-state index contributed by atoms with van der Waals surface area (Å²) in [6, 6.07) is 11.2. The second-order valence-corrected chi connectivity index (χ2v) is 7.08. The first-order valence-electron chi connectivity index (χ1n) is 8.06. The minimum absolute atomic E-state index is 0.0125. The van der Waals surface area contributed by atoms with Crippen LogP contribution in [0.15, 0.2) is 41.8 Å². The standard InChI is InChI=1S/C18H21N3O2S/c1-12(13-10-19-11-13)18(23)21-16-7-3-2-6-15(16)20-17(22)9-14-5-4-8-24-14/h2-8,12-13,19H,9-11H2,1H3,(H,20,22)(H,21,23). The molecule has 1 aromatic carbocycles. The molecule has 1 aromatic heterocycles. The van der Waals surface area contributed by atoms with Crippen molar-refractivity contribution < 1.29 is 9.59 Å². The third kappa shape index (κ3) is 4.01. The lowest BCUT2D eigenvalue weighted by atomic mass is 9.88. The van der Waals surface area contributed by atoms with Crippen molar-refractivity contribution in [2.75, 3.05) is 23.7 Å². The van der Waals surface area contributed by atoms with Gasteiger partial charge in [0.15, 0.2) is 0 Å². The second-order valence-electron chi connectivity index (χ2n) is 6.05. The number of amides is 2. The van der Waals surface area contributed by atoms with Crippen LogP contribution >= 0.6 is 11.3 Å². The zero-order chi connectivity index (χ0) is 16.9. The van der Waals surface area contributed by atoms with Gasteiger partial charge in [0.05, 0.1) is 17.8 Å². The molecule has 0 radical (unpaired) electrons. The third-order valence-electron chi connectivity index (χ3n) is 4.31.